The Bertz CT molecular complexity index is 597. The molecule has 0 aliphatic carbocycles. The Kier molecular flexibility index (Phi) is 4.32. The summed E-state index contributed by atoms with van der Waals surface area (Å²) in [6.45, 7) is 3.02. The molecule has 110 valence electrons. The van der Waals surface area contributed by atoms with Crippen molar-refractivity contribution < 1.29 is 4.39 Å². The van der Waals surface area contributed by atoms with Gasteiger partial charge in [-0.25, -0.2) is 4.39 Å². The van der Waals surface area contributed by atoms with Crippen molar-refractivity contribution in [3.8, 4) is 0 Å². The van der Waals surface area contributed by atoms with Crippen LogP contribution in [-0.4, -0.2) is 18.0 Å². The van der Waals surface area contributed by atoms with Gasteiger partial charge in [-0.2, -0.15) is 0 Å². The zero-order chi connectivity index (χ0) is 14.7. The van der Waals surface area contributed by atoms with Crippen molar-refractivity contribution in [1.29, 1.82) is 0 Å². The Hall–Kier alpha value is -1.71. The van der Waals surface area contributed by atoms with Crippen molar-refractivity contribution in [2.45, 2.75) is 25.9 Å². The van der Waals surface area contributed by atoms with Gasteiger partial charge in [0.1, 0.15) is 5.82 Å². The summed E-state index contributed by atoms with van der Waals surface area (Å²) >= 11 is 0. The SMILES string of the molecule is NCc1ccc(CN2CCc3ccccc3CC2)c(F)c1. The average Bonchev–Trinajstić information content (AvgIpc) is 2.72. The predicted octanol–water partition coefficient (Wildman–Crippen LogP) is 2.89. The van der Waals surface area contributed by atoms with E-state index in [1.165, 1.54) is 11.1 Å². The number of fused-ring (bicyclic) bond motifs is 1. The van der Waals surface area contributed by atoms with E-state index < -0.39 is 0 Å². The Morgan fingerprint density at radius 1 is 1.00 bits per heavy atom. The monoisotopic (exact) mass is 284 g/mol. The molecule has 2 aromatic carbocycles. The lowest BCUT2D eigenvalue weighted by Crippen LogP contribution is -2.26. The highest BCUT2D eigenvalue weighted by Gasteiger charge is 2.15. The molecule has 0 fully saturated rings. The van der Waals surface area contributed by atoms with Crippen molar-refractivity contribution in [1.82, 2.24) is 4.90 Å². The lowest BCUT2D eigenvalue weighted by atomic mass is 10.0. The van der Waals surface area contributed by atoms with Gasteiger partial charge in [0.2, 0.25) is 0 Å². The van der Waals surface area contributed by atoms with Gasteiger partial charge in [-0.1, -0.05) is 36.4 Å². The second-order valence-electron chi connectivity index (χ2n) is 5.67. The van der Waals surface area contributed by atoms with Gasteiger partial charge < -0.3 is 5.73 Å². The van der Waals surface area contributed by atoms with Crippen LogP contribution < -0.4 is 5.73 Å². The zero-order valence-corrected chi connectivity index (χ0v) is 12.2. The first-order valence-corrected chi connectivity index (χ1v) is 7.53. The lowest BCUT2D eigenvalue weighted by Gasteiger charge is -2.20. The molecule has 2 aromatic rings. The highest BCUT2D eigenvalue weighted by atomic mass is 19.1. The number of halogens is 1. The molecule has 2 nitrogen and oxygen atoms in total. The lowest BCUT2D eigenvalue weighted by molar-refractivity contribution is 0.275. The second-order valence-corrected chi connectivity index (χ2v) is 5.67. The quantitative estimate of drug-likeness (QED) is 0.939. The third kappa shape index (κ3) is 3.31. The summed E-state index contributed by atoms with van der Waals surface area (Å²) in [6.07, 6.45) is 2.08. The third-order valence-electron chi connectivity index (χ3n) is 4.26. The van der Waals surface area contributed by atoms with Gasteiger partial charge in [0, 0.05) is 31.7 Å². The van der Waals surface area contributed by atoms with Gasteiger partial charge >= 0.3 is 0 Å². The Labute approximate surface area is 125 Å². The van der Waals surface area contributed by atoms with Crippen LogP contribution in [-0.2, 0) is 25.9 Å². The fraction of sp³-hybridized carbons (Fsp3) is 0.333. The van der Waals surface area contributed by atoms with Crippen LogP contribution in [0.2, 0.25) is 0 Å². The second kappa shape index (κ2) is 6.37. The van der Waals surface area contributed by atoms with Gasteiger partial charge in [-0.15, -0.1) is 0 Å². The molecule has 0 saturated heterocycles. The van der Waals surface area contributed by atoms with E-state index in [9.17, 15) is 4.39 Å². The predicted molar refractivity (Wildman–Crippen MR) is 83.4 cm³/mol. The maximum Gasteiger partial charge on any atom is 0.128 e. The summed E-state index contributed by atoms with van der Waals surface area (Å²) in [6, 6.07) is 14.0. The molecule has 0 radical (unpaired) electrons. The van der Waals surface area contributed by atoms with Crippen LogP contribution in [0, 0.1) is 5.82 Å². The standard InChI is InChI=1S/C18H21FN2/c19-18-11-14(12-20)5-6-17(18)13-21-9-7-15-3-1-2-4-16(15)8-10-21/h1-6,11H,7-10,12-13,20H2. The number of rotatable bonds is 3. The smallest absolute Gasteiger partial charge is 0.128 e. The van der Waals surface area contributed by atoms with Crippen molar-refractivity contribution >= 4 is 0 Å². The molecule has 0 saturated carbocycles. The molecule has 0 aromatic heterocycles. The van der Waals surface area contributed by atoms with E-state index in [1.54, 1.807) is 6.07 Å². The molecule has 3 rings (SSSR count). The maximum atomic E-state index is 14.1. The van der Waals surface area contributed by atoms with E-state index in [-0.39, 0.29) is 5.82 Å². The summed E-state index contributed by atoms with van der Waals surface area (Å²) in [5.41, 5.74) is 10.0. The summed E-state index contributed by atoms with van der Waals surface area (Å²) in [5.74, 6) is -0.139. The molecule has 0 atom stereocenters. The van der Waals surface area contributed by atoms with E-state index in [0.717, 1.165) is 37.1 Å². The summed E-state index contributed by atoms with van der Waals surface area (Å²) in [4.78, 5) is 2.33. The molecule has 0 spiro atoms. The third-order valence-corrected chi connectivity index (χ3v) is 4.26. The van der Waals surface area contributed by atoms with Gasteiger partial charge in [0.05, 0.1) is 0 Å². The van der Waals surface area contributed by atoms with Gasteiger partial charge in [0.25, 0.3) is 0 Å². The fourth-order valence-corrected chi connectivity index (χ4v) is 2.96. The van der Waals surface area contributed by atoms with Crippen LogP contribution in [0.1, 0.15) is 22.3 Å². The Morgan fingerprint density at radius 3 is 2.24 bits per heavy atom. The number of nitrogens with zero attached hydrogens (tertiary/aromatic N) is 1. The molecular weight excluding hydrogens is 263 g/mol. The van der Waals surface area contributed by atoms with Crippen LogP contribution in [0.15, 0.2) is 42.5 Å². The summed E-state index contributed by atoms with van der Waals surface area (Å²) in [7, 11) is 0. The van der Waals surface area contributed by atoms with Gasteiger partial charge in [-0.3, -0.25) is 4.90 Å². The highest BCUT2D eigenvalue weighted by Crippen LogP contribution is 2.18. The van der Waals surface area contributed by atoms with Crippen molar-refractivity contribution in [3.63, 3.8) is 0 Å². The van der Waals surface area contributed by atoms with Gasteiger partial charge in [-0.05, 0) is 35.6 Å². The van der Waals surface area contributed by atoms with Crippen LogP contribution in [0.3, 0.4) is 0 Å². The minimum atomic E-state index is -0.139. The molecule has 1 aliphatic rings. The largest absolute Gasteiger partial charge is 0.326 e. The molecule has 1 heterocycles. The highest BCUT2D eigenvalue weighted by molar-refractivity contribution is 5.29. The molecule has 1 aliphatic heterocycles. The van der Waals surface area contributed by atoms with Crippen LogP contribution in [0.5, 0.6) is 0 Å². The first-order chi connectivity index (χ1) is 10.3. The van der Waals surface area contributed by atoms with E-state index in [1.807, 2.05) is 12.1 Å². The van der Waals surface area contributed by atoms with Crippen molar-refractivity contribution in [2.75, 3.05) is 13.1 Å². The normalized spacial score (nSPS) is 15.5. The number of hydrogen-bond acceptors (Lipinski definition) is 2. The number of benzene rings is 2. The summed E-state index contributed by atoms with van der Waals surface area (Å²) in [5, 5.41) is 0. The molecule has 0 bridgehead atoms. The van der Waals surface area contributed by atoms with Crippen LogP contribution in [0.25, 0.3) is 0 Å². The molecule has 21 heavy (non-hydrogen) atoms. The summed E-state index contributed by atoms with van der Waals surface area (Å²) < 4.78 is 14.1. The molecule has 3 heteroatoms. The molecule has 0 unspecified atom stereocenters. The Balaban J connectivity index is 1.70. The van der Waals surface area contributed by atoms with E-state index >= 15 is 0 Å². The van der Waals surface area contributed by atoms with Crippen LogP contribution in [0.4, 0.5) is 4.39 Å². The fourth-order valence-electron chi connectivity index (χ4n) is 2.96. The van der Waals surface area contributed by atoms with Crippen molar-refractivity contribution in [2.24, 2.45) is 5.73 Å². The molecular formula is C18H21FN2. The minimum absolute atomic E-state index is 0.139. The average molecular weight is 284 g/mol. The maximum absolute atomic E-state index is 14.1. The van der Waals surface area contributed by atoms with E-state index in [4.69, 9.17) is 5.73 Å². The van der Waals surface area contributed by atoms with Crippen LogP contribution >= 0.6 is 0 Å². The zero-order valence-electron chi connectivity index (χ0n) is 12.2. The Morgan fingerprint density at radius 2 is 1.67 bits per heavy atom. The first kappa shape index (κ1) is 14.2. The molecule has 0 amide bonds. The van der Waals surface area contributed by atoms with E-state index in [2.05, 4.69) is 29.2 Å². The van der Waals surface area contributed by atoms with E-state index in [0.29, 0.717) is 13.1 Å². The van der Waals surface area contributed by atoms with Gasteiger partial charge in [0.15, 0.2) is 0 Å². The number of nitrogens with two attached hydrogens (primary N) is 1. The first-order valence-electron chi connectivity index (χ1n) is 7.53. The number of hydrogen-bond donors (Lipinski definition) is 1. The van der Waals surface area contributed by atoms with Crippen molar-refractivity contribution in [3.05, 3.63) is 70.5 Å². The molecule has 2 N–H and O–H groups in total. The topological polar surface area (TPSA) is 29.3 Å². The minimum Gasteiger partial charge on any atom is -0.326 e.